The first-order valence-electron chi connectivity index (χ1n) is 3.92. The van der Waals surface area contributed by atoms with Crippen molar-refractivity contribution in [1.29, 1.82) is 0 Å². The Hall–Kier alpha value is -1.29. The van der Waals surface area contributed by atoms with Crippen molar-refractivity contribution in [2.24, 2.45) is 0 Å². The van der Waals surface area contributed by atoms with Gasteiger partial charge in [0.25, 0.3) is 0 Å². The molecule has 2 nitrogen and oxygen atoms in total. The SMILES string of the molecule is CC(=CSc1ccc(F)cc1)C(=O)O. The molecule has 0 atom stereocenters. The van der Waals surface area contributed by atoms with Gasteiger partial charge in [-0.15, -0.1) is 0 Å². The van der Waals surface area contributed by atoms with Crippen LogP contribution >= 0.6 is 11.8 Å². The van der Waals surface area contributed by atoms with Crippen molar-refractivity contribution in [2.45, 2.75) is 11.8 Å². The third-order valence-electron chi connectivity index (χ3n) is 1.52. The van der Waals surface area contributed by atoms with Crippen LogP contribution in [-0.2, 0) is 4.79 Å². The zero-order valence-corrected chi connectivity index (χ0v) is 8.34. The molecule has 0 aromatic heterocycles. The minimum absolute atomic E-state index is 0.263. The van der Waals surface area contributed by atoms with E-state index in [0.29, 0.717) is 0 Å². The molecule has 0 radical (unpaired) electrons. The summed E-state index contributed by atoms with van der Waals surface area (Å²) in [4.78, 5) is 11.2. The highest BCUT2D eigenvalue weighted by molar-refractivity contribution is 8.02. The second-order valence-electron chi connectivity index (χ2n) is 2.68. The maximum absolute atomic E-state index is 12.5. The summed E-state index contributed by atoms with van der Waals surface area (Å²) in [5, 5.41) is 10.1. The van der Waals surface area contributed by atoms with E-state index in [2.05, 4.69) is 0 Å². The van der Waals surface area contributed by atoms with Crippen LogP contribution in [0.15, 0.2) is 40.1 Å². The molecule has 0 amide bonds. The first-order valence-corrected chi connectivity index (χ1v) is 4.80. The Bertz CT molecular complexity index is 357. The van der Waals surface area contributed by atoms with Crippen LogP contribution < -0.4 is 0 Å². The van der Waals surface area contributed by atoms with Gasteiger partial charge >= 0.3 is 5.97 Å². The predicted octanol–water partition coefficient (Wildman–Crippen LogP) is 2.91. The maximum Gasteiger partial charge on any atom is 0.331 e. The van der Waals surface area contributed by atoms with Gasteiger partial charge in [-0.2, -0.15) is 0 Å². The Kier molecular flexibility index (Phi) is 3.71. The van der Waals surface area contributed by atoms with Gasteiger partial charge in [-0.1, -0.05) is 11.8 Å². The Balaban J connectivity index is 2.66. The van der Waals surface area contributed by atoms with Crippen LogP contribution in [-0.4, -0.2) is 11.1 Å². The maximum atomic E-state index is 12.5. The van der Waals surface area contributed by atoms with E-state index in [-0.39, 0.29) is 11.4 Å². The molecule has 74 valence electrons. The van der Waals surface area contributed by atoms with Gasteiger partial charge in [0.1, 0.15) is 5.82 Å². The molecule has 0 fully saturated rings. The lowest BCUT2D eigenvalue weighted by molar-refractivity contribution is -0.132. The quantitative estimate of drug-likeness (QED) is 0.618. The number of halogens is 1. The van der Waals surface area contributed by atoms with Gasteiger partial charge in [-0.25, -0.2) is 9.18 Å². The number of carbonyl (C=O) groups is 1. The monoisotopic (exact) mass is 212 g/mol. The van der Waals surface area contributed by atoms with Gasteiger partial charge in [-0.05, 0) is 36.6 Å². The van der Waals surface area contributed by atoms with Crippen molar-refractivity contribution in [1.82, 2.24) is 0 Å². The van der Waals surface area contributed by atoms with E-state index >= 15 is 0 Å². The topological polar surface area (TPSA) is 37.3 Å². The summed E-state index contributed by atoms with van der Waals surface area (Å²) in [6.45, 7) is 1.51. The number of carboxylic acids is 1. The van der Waals surface area contributed by atoms with Crippen LogP contribution in [0.25, 0.3) is 0 Å². The molecule has 1 aromatic rings. The van der Waals surface area contributed by atoms with Crippen LogP contribution in [0.4, 0.5) is 4.39 Å². The summed E-state index contributed by atoms with van der Waals surface area (Å²) in [5.74, 6) is -1.24. The predicted molar refractivity (Wildman–Crippen MR) is 53.6 cm³/mol. The first-order chi connectivity index (χ1) is 6.59. The molecular weight excluding hydrogens is 203 g/mol. The van der Waals surface area contributed by atoms with Crippen molar-refractivity contribution in [2.75, 3.05) is 0 Å². The highest BCUT2D eigenvalue weighted by Gasteiger charge is 1.99. The molecule has 4 heteroatoms. The summed E-state index contributed by atoms with van der Waals surface area (Å²) in [7, 11) is 0. The van der Waals surface area contributed by atoms with Gasteiger partial charge in [0.15, 0.2) is 0 Å². The largest absolute Gasteiger partial charge is 0.478 e. The minimum atomic E-state index is -0.945. The van der Waals surface area contributed by atoms with Crippen LogP contribution in [0.5, 0.6) is 0 Å². The van der Waals surface area contributed by atoms with Crippen molar-refractivity contribution in [3.63, 3.8) is 0 Å². The Morgan fingerprint density at radius 2 is 2.00 bits per heavy atom. The minimum Gasteiger partial charge on any atom is -0.478 e. The number of carboxylic acid groups (broad SMARTS) is 1. The molecule has 14 heavy (non-hydrogen) atoms. The van der Waals surface area contributed by atoms with Gasteiger partial charge in [-0.3, -0.25) is 0 Å². The van der Waals surface area contributed by atoms with Crippen LogP contribution in [0.1, 0.15) is 6.92 Å². The number of thioether (sulfide) groups is 1. The van der Waals surface area contributed by atoms with Crippen LogP contribution in [0.2, 0.25) is 0 Å². The molecular formula is C10H9FO2S. The second-order valence-corrected chi connectivity index (χ2v) is 3.62. The summed E-state index contributed by atoms with van der Waals surface area (Å²) in [5.41, 5.74) is 0.263. The lowest BCUT2D eigenvalue weighted by atomic mass is 10.3. The molecule has 0 saturated carbocycles. The molecule has 0 bridgehead atoms. The van der Waals surface area contributed by atoms with E-state index in [0.717, 1.165) is 4.90 Å². The third-order valence-corrected chi connectivity index (χ3v) is 2.54. The Morgan fingerprint density at radius 1 is 1.43 bits per heavy atom. The molecule has 0 spiro atoms. The van der Waals surface area contributed by atoms with Crippen LogP contribution in [0.3, 0.4) is 0 Å². The lowest BCUT2D eigenvalue weighted by Crippen LogP contribution is -1.94. The Morgan fingerprint density at radius 3 is 2.50 bits per heavy atom. The van der Waals surface area contributed by atoms with Gasteiger partial charge in [0.05, 0.1) is 0 Å². The standard InChI is InChI=1S/C10H9FO2S/c1-7(10(12)13)6-14-9-4-2-8(11)3-5-9/h2-6H,1H3,(H,12,13). The van der Waals surface area contributed by atoms with Gasteiger partial charge in [0, 0.05) is 10.5 Å². The summed E-state index contributed by atoms with van der Waals surface area (Å²) in [6.07, 6.45) is 0. The molecule has 0 saturated heterocycles. The third kappa shape index (κ3) is 3.22. The molecule has 0 aliphatic carbocycles. The number of hydrogen-bond acceptors (Lipinski definition) is 2. The molecule has 0 unspecified atom stereocenters. The highest BCUT2D eigenvalue weighted by Crippen LogP contribution is 2.20. The van der Waals surface area contributed by atoms with Crippen molar-refractivity contribution in [3.05, 3.63) is 41.1 Å². The van der Waals surface area contributed by atoms with Crippen molar-refractivity contribution >= 4 is 17.7 Å². The van der Waals surface area contributed by atoms with Crippen LogP contribution in [0, 0.1) is 5.82 Å². The zero-order chi connectivity index (χ0) is 10.6. The fourth-order valence-electron chi connectivity index (χ4n) is 0.720. The molecule has 1 rings (SSSR count). The fraction of sp³-hybridized carbons (Fsp3) is 0.100. The van der Waals surface area contributed by atoms with Crippen molar-refractivity contribution in [3.8, 4) is 0 Å². The average Bonchev–Trinajstić information content (AvgIpc) is 2.16. The van der Waals surface area contributed by atoms with Crippen molar-refractivity contribution < 1.29 is 14.3 Å². The van der Waals surface area contributed by atoms with E-state index in [1.54, 1.807) is 12.1 Å². The van der Waals surface area contributed by atoms with E-state index in [9.17, 15) is 9.18 Å². The Labute approximate surface area is 85.4 Å². The molecule has 0 heterocycles. The smallest absolute Gasteiger partial charge is 0.331 e. The summed E-state index contributed by atoms with van der Waals surface area (Å²) in [6, 6.07) is 5.88. The normalized spacial score (nSPS) is 11.4. The van der Waals surface area contributed by atoms with E-state index < -0.39 is 5.97 Å². The summed E-state index contributed by atoms with van der Waals surface area (Å²) >= 11 is 1.26. The summed E-state index contributed by atoms with van der Waals surface area (Å²) < 4.78 is 12.5. The molecule has 0 aliphatic heterocycles. The van der Waals surface area contributed by atoms with E-state index in [1.165, 1.54) is 36.2 Å². The van der Waals surface area contributed by atoms with E-state index in [1.807, 2.05) is 0 Å². The average molecular weight is 212 g/mol. The molecule has 1 aromatic carbocycles. The lowest BCUT2D eigenvalue weighted by Gasteiger charge is -1.96. The van der Waals surface area contributed by atoms with Gasteiger partial charge < -0.3 is 5.11 Å². The van der Waals surface area contributed by atoms with E-state index in [4.69, 9.17) is 5.11 Å². The molecule has 1 N–H and O–H groups in total. The molecule has 0 aliphatic rings. The first kappa shape index (κ1) is 10.8. The van der Waals surface area contributed by atoms with Gasteiger partial charge in [0.2, 0.25) is 0 Å². The fourth-order valence-corrected chi connectivity index (χ4v) is 1.43. The second kappa shape index (κ2) is 4.81. The highest BCUT2D eigenvalue weighted by atomic mass is 32.2. The number of rotatable bonds is 3. The number of aliphatic carboxylic acids is 1. The number of benzene rings is 1. The number of hydrogen-bond donors (Lipinski definition) is 1. The zero-order valence-electron chi connectivity index (χ0n) is 7.53.